The zero-order valence-corrected chi connectivity index (χ0v) is 15.8. The lowest BCUT2D eigenvalue weighted by Crippen LogP contribution is -2.48. The number of carbonyl (C=O) groups excluding carboxylic acids is 2. The molecule has 0 radical (unpaired) electrons. The standard InChI is InChI=1S/C20H20N4O2S/c1-14(25)21-20-22-17-8-7-15(13-18(17)27-20)19(26)24-11-9-23(10-12-24)16-5-3-2-4-6-16/h2-8,13H,9-12H2,1H3,(H,21,22,25). The number of thiazole rings is 1. The van der Waals surface area contributed by atoms with Crippen molar-refractivity contribution in [3.8, 4) is 0 Å². The average molecular weight is 380 g/mol. The van der Waals surface area contributed by atoms with Crippen LogP contribution in [-0.4, -0.2) is 47.9 Å². The predicted molar refractivity (Wildman–Crippen MR) is 108 cm³/mol. The molecule has 1 aliphatic heterocycles. The molecule has 2 heterocycles. The van der Waals surface area contributed by atoms with E-state index in [4.69, 9.17) is 0 Å². The van der Waals surface area contributed by atoms with Crippen LogP contribution in [0.5, 0.6) is 0 Å². The van der Waals surface area contributed by atoms with Crippen LogP contribution in [0.15, 0.2) is 48.5 Å². The van der Waals surface area contributed by atoms with Crippen LogP contribution in [0, 0.1) is 0 Å². The van der Waals surface area contributed by atoms with Crippen LogP contribution in [0.3, 0.4) is 0 Å². The van der Waals surface area contributed by atoms with E-state index in [1.165, 1.54) is 23.9 Å². The first-order chi connectivity index (χ1) is 13.1. The summed E-state index contributed by atoms with van der Waals surface area (Å²) in [6, 6.07) is 15.8. The summed E-state index contributed by atoms with van der Waals surface area (Å²) in [4.78, 5) is 32.6. The largest absolute Gasteiger partial charge is 0.368 e. The number of anilines is 2. The highest BCUT2D eigenvalue weighted by atomic mass is 32.1. The molecule has 138 valence electrons. The number of nitrogens with one attached hydrogen (secondary N) is 1. The van der Waals surface area contributed by atoms with Gasteiger partial charge in [0.15, 0.2) is 5.13 Å². The van der Waals surface area contributed by atoms with E-state index in [1.807, 2.05) is 41.3 Å². The minimum Gasteiger partial charge on any atom is -0.368 e. The molecular formula is C20H20N4O2S. The first-order valence-electron chi connectivity index (χ1n) is 8.87. The Labute approximate surface area is 161 Å². The quantitative estimate of drug-likeness (QED) is 0.758. The number of amides is 2. The molecule has 0 unspecified atom stereocenters. The monoisotopic (exact) mass is 380 g/mol. The van der Waals surface area contributed by atoms with Crippen molar-refractivity contribution in [3.05, 3.63) is 54.1 Å². The van der Waals surface area contributed by atoms with Crippen LogP contribution in [0.1, 0.15) is 17.3 Å². The van der Waals surface area contributed by atoms with Crippen molar-refractivity contribution in [1.82, 2.24) is 9.88 Å². The number of para-hydroxylation sites is 1. The normalized spacial score (nSPS) is 14.4. The van der Waals surface area contributed by atoms with Crippen LogP contribution < -0.4 is 10.2 Å². The number of aromatic nitrogens is 1. The molecule has 0 atom stereocenters. The fourth-order valence-electron chi connectivity index (χ4n) is 3.25. The van der Waals surface area contributed by atoms with Gasteiger partial charge in [0, 0.05) is 44.4 Å². The molecule has 0 bridgehead atoms. The smallest absolute Gasteiger partial charge is 0.254 e. The third kappa shape index (κ3) is 3.78. The highest BCUT2D eigenvalue weighted by Crippen LogP contribution is 2.27. The van der Waals surface area contributed by atoms with Crippen molar-refractivity contribution in [1.29, 1.82) is 0 Å². The summed E-state index contributed by atoms with van der Waals surface area (Å²) in [5.74, 6) is -0.110. The van der Waals surface area contributed by atoms with Gasteiger partial charge in [-0.3, -0.25) is 9.59 Å². The summed E-state index contributed by atoms with van der Waals surface area (Å²) in [6.45, 7) is 4.50. The van der Waals surface area contributed by atoms with E-state index in [0.717, 1.165) is 23.3 Å². The zero-order chi connectivity index (χ0) is 18.8. The molecule has 0 saturated carbocycles. The van der Waals surface area contributed by atoms with E-state index in [1.54, 1.807) is 0 Å². The number of carbonyl (C=O) groups is 2. The predicted octanol–water partition coefficient (Wildman–Crippen LogP) is 3.22. The Kier molecular flexibility index (Phi) is 4.77. The summed E-state index contributed by atoms with van der Waals surface area (Å²) >= 11 is 1.38. The molecule has 0 spiro atoms. The topological polar surface area (TPSA) is 65.5 Å². The molecule has 4 rings (SSSR count). The number of fused-ring (bicyclic) bond motifs is 1. The van der Waals surface area contributed by atoms with Crippen LogP contribution in [0.2, 0.25) is 0 Å². The van der Waals surface area contributed by atoms with Gasteiger partial charge in [-0.15, -0.1) is 0 Å². The lowest BCUT2D eigenvalue weighted by molar-refractivity contribution is -0.114. The van der Waals surface area contributed by atoms with Crippen molar-refractivity contribution in [2.75, 3.05) is 36.4 Å². The van der Waals surface area contributed by atoms with Crippen molar-refractivity contribution in [2.45, 2.75) is 6.92 Å². The number of hydrogen-bond acceptors (Lipinski definition) is 5. The Morgan fingerprint density at radius 1 is 1.04 bits per heavy atom. The maximum Gasteiger partial charge on any atom is 0.254 e. The van der Waals surface area contributed by atoms with Crippen LogP contribution in [0.25, 0.3) is 10.2 Å². The number of hydrogen-bond donors (Lipinski definition) is 1. The van der Waals surface area contributed by atoms with E-state index in [0.29, 0.717) is 23.8 Å². The molecule has 2 amide bonds. The average Bonchev–Trinajstić information content (AvgIpc) is 3.09. The van der Waals surface area contributed by atoms with Gasteiger partial charge < -0.3 is 15.1 Å². The van der Waals surface area contributed by atoms with E-state index in [-0.39, 0.29) is 11.8 Å². The van der Waals surface area contributed by atoms with E-state index in [2.05, 4.69) is 27.3 Å². The summed E-state index contributed by atoms with van der Waals surface area (Å²) in [5, 5.41) is 3.25. The SMILES string of the molecule is CC(=O)Nc1nc2ccc(C(=O)N3CCN(c4ccccc4)CC3)cc2s1. The highest BCUT2D eigenvalue weighted by Gasteiger charge is 2.22. The van der Waals surface area contributed by atoms with Crippen molar-refractivity contribution < 1.29 is 9.59 Å². The van der Waals surface area contributed by atoms with E-state index < -0.39 is 0 Å². The van der Waals surface area contributed by atoms with Gasteiger partial charge in [-0.25, -0.2) is 4.98 Å². The molecule has 6 nitrogen and oxygen atoms in total. The molecule has 2 aromatic carbocycles. The van der Waals surface area contributed by atoms with Gasteiger partial charge in [0.05, 0.1) is 10.2 Å². The fraction of sp³-hybridized carbons (Fsp3) is 0.250. The Morgan fingerprint density at radius 3 is 2.48 bits per heavy atom. The summed E-state index contributed by atoms with van der Waals surface area (Å²) in [6.07, 6.45) is 0. The molecule has 1 saturated heterocycles. The second-order valence-electron chi connectivity index (χ2n) is 6.50. The molecule has 1 aromatic heterocycles. The number of nitrogens with zero attached hydrogens (tertiary/aromatic N) is 3. The fourth-order valence-corrected chi connectivity index (χ4v) is 4.20. The third-order valence-corrected chi connectivity index (χ3v) is 5.54. The number of piperazine rings is 1. The van der Waals surface area contributed by atoms with Crippen LogP contribution in [-0.2, 0) is 4.79 Å². The molecule has 1 aliphatic rings. The highest BCUT2D eigenvalue weighted by molar-refractivity contribution is 7.22. The van der Waals surface area contributed by atoms with E-state index >= 15 is 0 Å². The van der Waals surface area contributed by atoms with Crippen molar-refractivity contribution in [2.24, 2.45) is 0 Å². The summed E-state index contributed by atoms with van der Waals surface area (Å²) in [5.41, 5.74) is 2.64. The molecular weight excluding hydrogens is 360 g/mol. The molecule has 3 aromatic rings. The Bertz CT molecular complexity index is 978. The lowest BCUT2D eigenvalue weighted by atomic mass is 10.1. The minimum atomic E-state index is -0.151. The first kappa shape index (κ1) is 17.5. The second kappa shape index (κ2) is 7.36. The number of rotatable bonds is 3. The minimum absolute atomic E-state index is 0.0408. The van der Waals surface area contributed by atoms with Crippen LogP contribution >= 0.6 is 11.3 Å². The van der Waals surface area contributed by atoms with Gasteiger partial charge in [-0.1, -0.05) is 29.5 Å². The van der Waals surface area contributed by atoms with Gasteiger partial charge in [0.2, 0.25) is 5.91 Å². The van der Waals surface area contributed by atoms with Crippen molar-refractivity contribution >= 4 is 44.2 Å². The Hall–Kier alpha value is -2.93. The molecule has 27 heavy (non-hydrogen) atoms. The van der Waals surface area contributed by atoms with Gasteiger partial charge in [-0.05, 0) is 30.3 Å². The second-order valence-corrected chi connectivity index (χ2v) is 7.53. The molecule has 1 N–H and O–H groups in total. The Morgan fingerprint density at radius 2 is 1.78 bits per heavy atom. The molecule has 0 aliphatic carbocycles. The summed E-state index contributed by atoms with van der Waals surface area (Å²) in [7, 11) is 0. The molecule has 7 heteroatoms. The maximum absolute atomic E-state index is 12.9. The van der Waals surface area contributed by atoms with Gasteiger partial charge in [0.25, 0.3) is 5.91 Å². The van der Waals surface area contributed by atoms with Gasteiger partial charge in [-0.2, -0.15) is 0 Å². The van der Waals surface area contributed by atoms with E-state index in [9.17, 15) is 9.59 Å². The first-order valence-corrected chi connectivity index (χ1v) is 9.69. The van der Waals surface area contributed by atoms with Gasteiger partial charge >= 0.3 is 0 Å². The summed E-state index contributed by atoms with van der Waals surface area (Å²) < 4.78 is 0.896. The maximum atomic E-state index is 12.9. The Balaban J connectivity index is 1.46. The third-order valence-electron chi connectivity index (χ3n) is 4.61. The molecule has 1 fully saturated rings. The van der Waals surface area contributed by atoms with Crippen LogP contribution in [0.4, 0.5) is 10.8 Å². The van der Waals surface area contributed by atoms with Crippen molar-refractivity contribution in [3.63, 3.8) is 0 Å². The lowest BCUT2D eigenvalue weighted by Gasteiger charge is -2.36. The van der Waals surface area contributed by atoms with Gasteiger partial charge in [0.1, 0.15) is 0 Å². The number of benzene rings is 2. The zero-order valence-electron chi connectivity index (χ0n) is 15.0.